The van der Waals surface area contributed by atoms with Gasteiger partial charge in [0.2, 0.25) is 5.89 Å². The molecule has 0 aliphatic carbocycles. The van der Waals surface area contributed by atoms with Gasteiger partial charge in [-0.15, -0.1) is 0 Å². The Morgan fingerprint density at radius 1 is 0.914 bits per heavy atom. The normalized spacial score (nSPS) is 12.0. The molecule has 5 nitrogen and oxygen atoms in total. The molecular formula is C30H33N3O2. The first-order valence-corrected chi connectivity index (χ1v) is 12.0. The maximum absolute atomic E-state index is 13.0. The van der Waals surface area contributed by atoms with Crippen LogP contribution in [0.2, 0.25) is 0 Å². The van der Waals surface area contributed by atoms with E-state index in [4.69, 9.17) is 4.42 Å². The predicted octanol–water partition coefficient (Wildman–Crippen LogP) is 6.33. The summed E-state index contributed by atoms with van der Waals surface area (Å²) in [5, 5.41) is 0. The largest absolute Gasteiger partial charge is 0.447 e. The van der Waals surface area contributed by atoms with E-state index in [1.807, 2.05) is 36.4 Å². The van der Waals surface area contributed by atoms with Crippen LogP contribution in [-0.4, -0.2) is 27.7 Å². The minimum Gasteiger partial charge on any atom is -0.447 e. The summed E-state index contributed by atoms with van der Waals surface area (Å²) < 4.78 is 5.79. The number of carbonyl (C=O) groups excluding carboxylic acids is 1. The molecule has 4 aromatic rings. The molecule has 0 bridgehead atoms. The van der Waals surface area contributed by atoms with Crippen LogP contribution in [-0.2, 0) is 19.6 Å². The number of oxazole rings is 1. The molecule has 5 heteroatoms. The van der Waals surface area contributed by atoms with Crippen LogP contribution < -0.4 is 0 Å². The summed E-state index contributed by atoms with van der Waals surface area (Å²) in [6.45, 7) is 8.23. The third kappa shape index (κ3) is 6.25. The van der Waals surface area contributed by atoms with Crippen molar-refractivity contribution >= 4 is 5.91 Å². The Hall–Kier alpha value is -3.70. The van der Waals surface area contributed by atoms with Crippen LogP contribution in [0.15, 0.2) is 89.5 Å². The lowest BCUT2D eigenvalue weighted by Gasteiger charge is -2.29. The molecule has 35 heavy (non-hydrogen) atoms. The summed E-state index contributed by atoms with van der Waals surface area (Å²) in [5.41, 5.74) is 6.41. The molecule has 0 saturated carbocycles. The smallest absolute Gasteiger partial charge is 0.275 e. The van der Waals surface area contributed by atoms with E-state index in [1.54, 1.807) is 11.9 Å². The second-order valence-electron chi connectivity index (χ2n) is 9.19. The first kappa shape index (κ1) is 24.4. The molecule has 0 radical (unpaired) electrons. The predicted molar refractivity (Wildman–Crippen MR) is 139 cm³/mol. The molecule has 180 valence electrons. The Morgan fingerprint density at radius 2 is 1.60 bits per heavy atom. The Labute approximate surface area is 208 Å². The SMILES string of the molecule is Cc1ccc(CN(Cc2nc(C(=O)N(C)Cc3ccccc3)co2)C(C)c2ccccc2)c(C)c1. The quantitative estimate of drug-likeness (QED) is 0.289. The van der Waals surface area contributed by atoms with Crippen molar-refractivity contribution < 1.29 is 9.21 Å². The van der Waals surface area contributed by atoms with Gasteiger partial charge in [0.05, 0.1) is 6.54 Å². The molecule has 1 heterocycles. The number of aryl methyl sites for hydroxylation is 2. The molecule has 0 spiro atoms. The van der Waals surface area contributed by atoms with Gasteiger partial charge in [0.15, 0.2) is 5.69 Å². The van der Waals surface area contributed by atoms with Crippen molar-refractivity contribution in [3.8, 4) is 0 Å². The lowest BCUT2D eigenvalue weighted by molar-refractivity contribution is 0.0779. The number of amides is 1. The maximum Gasteiger partial charge on any atom is 0.275 e. The van der Waals surface area contributed by atoms with Crippen molar-refractivity contribution in [2.24, 2.45) is 0 Å². The van der Waals surface area contributed by atoms with Crippen LogP contribution in [0.5, 0.6) is 0 Å². The zero-order chi connectivity index (χ0) is 24.8. The monoisotopic (exact) mass is 467 g/mol. The number of aromatic nitrogens is 1. The van der Waals surface area contributed by atoms with E-state index in [2.05, 4.69) is 73.1 Å². The first-order chi connectivity index (χ1) is 16.9. The summed E-state index contributed by atoms with van der Waals surface area (Å²) in [4.78, 5) is 21.5. The van der Waals surface area contributed by atoms with E-state index >= 15 is 0 Å². The van der Waals surface area contributed by atoms with Crippen LogP contribution >= 0.6 is 0 Å². The molecule has 0 aliphatic heterocycles. The Bertz CT molecular complexity index is 1250. The molecular weight excluding hydrogens is 434 g/mol. The number of benzene rings is 3. The van der Waals surface area contributed by atoms with Crippen LogP contribution in [0.3, 0.4) is 0 Å². The van der Waals surface area contributed by atoms with E-state index < -0.39 is 0 Å². The topological polar surface area (TPSA) is 49.6 Å². The Morgan fingerprint density at radius 3 is 2.29 bits per heavy atom. The number of rotatable bonds is 9. The zero-order valence-corrected chi connectivity index (χ0v) is 20.9. The van der Waals surface area contributed by atoms with Crippen molar-refractivity contribution in [3.63, 3.8) is 0 Å². The van der Waals surface area contributed by atoms with Gasteiger partial charge >= 0.3 is 0 Å². The highest BCUT2D eigenvalue weighted by Crippen LogP contribution is 2.26. The van der Waals surface area contributed by atoms with Gasteiger partial charge in [0.1, 0.15) is 6.26 Å². The van der Waals surface area contributed by atoms with Gasteiger partial charge < -0.3 is 9.32 Å². The molecule has 1 unspecified atom stereocenters. The molecule has 0 saturated heterocycles. The van der Waals surface area contributed by atoms with Gasteiger partial charge in [-0.2, -0.15) is 0 Å². The van der Waals surface area contributed by atoms with Gasteiger partial charge in [0, 0.05) is 26.2 Å². The molecule has 1 amide bonds. The molecule has 0 fully saturated rings. The number of carbonyl (C=O) groups is 1. The molecule has 1 aromatic heterocycles. The van der Waals surface area contributed by atoms with Crippen LogP contribution in [0.25, 0.3) is 0 Å². The van der Waals surface area contributed by atoms with Crippen molar-refractivity contribution in [1.82, 2.24) is 14.8 Å². The van der Waals surface area contributed by atoms with Crippen LogP contribution in [0.1, 0.15) is 57.2 Å². The first-order valence-electron chi connectivity index (χ1n) is 12.0. The molecule has 4 rings (SSSR count). The van der Waals surface area contributed by atoms with Crippen molar-refractivity contribution in [3.05, 3.63) is 125 Å². The third-order valence-electron chi connectivity index (χ3n) is 6.42. The lowest BCUT2D eigenvalue weighted by Crippen LogP contribution is -2.28. The summed E-state index contributed by atoms with van der Waals surface area (Å²) >= 11 is 0. The van der Waals surface area contributed by atoms with E-state index in [0.717, 1.165) is 12.1 Å². The van der Waals surface area contributed by atoms with Crippen LogP contribution in [0.4, 0.5) is 0 Å². The highest BCUT2D eigenvalue weighted by atomic mass is 16.3. The second kappa shape index (κ2) is 11.2. The molecule has 3 aromatic carbocycles. The van der Waals surface area contributed by atoms with Gasteiger partial charge in [-0.05, 0) is 43.0 Å². The van der Waals surface area contributed by atoms with Gasteiger partial charge in [-0.3, -0.25) is 9.69 Å². The maximum atomic E-state index is 13.0. The fraction of sp³-hybridized carbons (Fsp3) is 0.267. The Balaban J connectivity index is 1.52. The number of hydrogen-bond acceptors (Lipinski definition) is 4. The molecule has 0 aliphatic rings. The highest BCUT2D eigenvalue weighted by Gasteiger charge is 2.22. The van der Waals surface area contributed by atoms with Gasteiger partial charge in [-0.25, -0.2) is 4.98 Å². The fourth-order valence-electron chi connectivity index (χ4n) is 4.29. The minimum atomic E-state index is -0.152. The van der Waals surface area contributed by atoms with E-state index in [0.29, 0.717) is 24.7 Å². The Kier molecular flexibility index (Phi) is 7.78. The average Bonchev–Trinajstić information content (AvgIpc) is 3.34. The third-order valence-corrected chi connectivity index (χ3v) is 6.42. The number of hydrogen-bond donors (Lipinski definition) is 0. The average molecular weight is 468 g/mol. The van der Waals surface area contributed by atoms with E-state index in [-0.39, 0.29) is 11.9 Å². The summed E-state index contributed by atoms with van der Waals surface area (Å²) in [7, 11) is 1.79. The zero-order valence-electron chi connectivity index (χ0n) is 20.9. The summed E-state index contributed by atoms with van der Waals surface area (Å²) in [6, 6.07) is 27.1. The highest BCUT2D eigenvalue weighted by molar-refractivity contribution is 5.91. The van der Waals surface area contributed by atoms with Gasteiger partial charge in [0.25, 0.3) is 5.91 Å². The van der Waals surface area contributed by atoms with Crippen molar-refractivity contribution in [1.29, 1.82) is 0 Å². The summed E-state index contributed by atoms with van der Waals surface area (Å²) in [5.74, 6) is 0.384. The molecule has 1 atom stereocenters. The van der Waals surface area contributed by atoms with Gasteiger partial charge in [-0.1, -0.05) is 84.4 Å². The van der Waals surface area contributed by atoms with E-state index in [9.17, 15) is 4.79 Å². The van der Waals surface area contributed by atoms with Crippen molar-refractivity contribution in [2.75, 3.05) is 7.05 Å². The minimum absolute atomic E-state index is 0.142. The fourth-order valence-corrected chi connectivity index (χ4v) is 4.29. The lowest BCUT2D eigenvalue weighted by atomic mass is 10.0. The van der Waals surface area contributed by atoms with E-state index in [1.165, 1.54) is 28.5 Å². The van der Waals surface area contributed by atoms with Crippen molar-refractivity contribution in [2.45, 2.75) is 46.4 Å². The standard InChI is InChI=1S/C30H33N3O2/c1-22-15-16-27(23(2)17-22)19-33(24(3)26-13-9-6-10-14-26)20-29-31-28(21-35-29)30(34)32(4)18-25-11-7-5-8-12-25/h5-17,21,24H,18-20H2,1-4H3. The molecule has 0 N–H and O–H groups in total. The van der Waals surface area contributed by atoms with Crippen LogP contribution in [0, 0.1) is 13.8 Å². The number of nitrogens with zero attached hydrogens (tertiary/aromatic N) is 3. The second-order valence-corrected chi connectivity index (χ2v) is 9.19. The summed E-state index contributed by atoms with van der Waals surface area (Å²) in [6.07, 6.45) is 1.47.